The molecule has 0 aliphatic carbocycles. The minimum absolute atomic E-state index is 0.150. The second-order valence-corrected chi connectivity index (χ2v) is 8.79. The van der Waals surface area contributed by atoms with Crippen molar-refractivity contribution >= 4 is 75.6 Å². The van der Waals surface area contributed by atoms with Crippen LogP contribution in [-0.4, -0.2) is 39.7 Å². The average molecular weight is 478 g/mol. The largest absolute Gasteiger partial charge is 0.360 e. The van der Waals surface area contributed by atoms with Crippen molar-refractivity contribution in [2.24, 2.45) is 4.99 Å². The zero-order chi connectivity index (χ0) is 21.3. The molecule has 1 unspecified atom stereocenters. The van der Waals surface area contributed by atoms with E-state index in [-0.39, 0.29) is 11.5 Å². The molecule has 11 heteroatoms. The molecule has 0 saturated carbocycles. The molecule has 29 heavy (non-hydrogen) atoms. The first kappa shape index (κ1) is 21.6. The number of carbonyl (C=O) groups excluding carboxylic acids is 2. The van der Waals surface area contributed by atoms with Gasteiger partial charge in [-0.3, -0.25) is 9.69 Å². The Morgan fingerprint density at radius 1 is 1.07 bits per heavy atom. The summed E-state index contributed by atoms with van der Waals surface area (Å²) in [5.41, 5.74) is 0.348. The van der Waals surface area contributed by atoms with E-state index in [1.54, 1.807) is 24.3 Å². The van der Waals surface area contributed by atoms with E-state index in [1.165, 1.54) is 25.2 Å². The third-order valence-corrected chi connectivity index (χ3v) is 4.86. The van der Waals surface area contributed by atoms with Gasteiger partial charge in [-0.05, 0) is 36.4 Å². The van der Waals surface area contributed by atoms with Crippen LogP contribution in [0.5, 0.6) is 0 Å². The summed E-state index contributed by atoms with van der Waals surface area (Å²) >= 11 is 24.0. The highest BCUT2D eigenvalue weighted by molar-refractivity contribution is 6.68. The molecule has 2 aromatic carbocycles. The van der Waals surface area contributed by atoms with E-state index in [1.807, 2.05) is 0 Å². The van der Waals surface area contributed by atoms with Crippen LogP contribution in [0.25, 0.3) is 0 Å². The van der Waals surface area contributed by atoms with Gasteiger partial charge in [0.05, 0.1) is 5.69 Å². The fourth-order valence-electron chi connectivity index (χ4n) is 2.55. The SMILES string of the molecule is CN1C(=O)C(=NC(Nc2ccc(Cl)cc2)C(Cl)(Cl)Cl)N(c2ccccc2F)C1=O. The molecule has 152 valence electrons. The summed E-state index contributed by atoms with van der Waals surface area (Å²) in [6.07, 6.45) is -1.28. The average Bonchev–Trinajstić information content (AvgIpc) is 2.86. The lowest BCUT2D eigenvalue weighted by atomic mass is 10.3. The minimum atomic E-state index is -2.00. The summed E-state index contributed by atoms with van der Waals surface area (Å²) in [4.78, 5) is 31.0. The van der Waals surface area contributed by atoms with Gasteiger partial charge in [0.15, 0.2) is 6.17 Å². The first-order valence-electron chi connectivity index (χ1n) is 8.13. The summed E-state index contributed by atoms with van der Waals surface area (Å²) in [5, 5.41) is 3.36. The molecule has 6 nitrogen and oxygen atoms in total. The van der Waals surface area contributed by atoms with Crippen molar-refractivity contribution in [1.82, 2.24) is 4.90 Å². The highest BCUT2D eigenvalue weighted by atomic mass is 35.6. The number of amides is 3. The summed E-state index contributed by atoms with van der Waals surface area (Å²) in [6, 6.07) is 11.1. The number of likely N-dealkylation sites (N-methyl/N-ethyl adjacent to an activating group) is 1. The molecule has 1 atom stereocenters. The van der Waals surface area contributed by atoms with Gasteiger partial charge in [0, 0.05) is 17.8 Å². The predicted octanol–water partition coefficient (Wildman–Crippen LogP) is 5.08. The normalized spacial score (nSPS) is 17.2. The number of aliphatic imine (C=N–C) groups is 1. The zero-order valence-corrected chi connectivity index (χ0v) is 17.8. The second kappa shape index (κ2) is 8.36. The first-order chi connectivity index (χ1) is 13.6. The predicted molar refractivity (Wildman–Crippen MR) is 114 cm³/mol. The smallest absolute Gasteiger partial charge is 0.337 e. The number of para-hydroxylation sites is 1. The molecule has 1 N–H and O–H groups in total. The van der Waals surface area contributed by atoms with Gasteiger partial charge >= 0.3 is 6.03 Å². The number of halogens is 5. The fraction of sp³-hybridized carbons (Fsp3) is 0.167. The maximum atomic E-state index is 14.3. The second-order valence-electron chi connectivity index (χ2n) is 5.98. The van der Waals surface area contributed by atoms with Gasteiger partial charge in [-0.2, -0.15) is 0 Å². The molecule has 1 fully saturated rings. The number of benzene rings is 2. The molecule has 3 rings (SSSR count). The number of rotatable bonds is 4. The number of amidine groups is 1. The van der Waals surface area contributed by atoms with E-state index < -0.39 is 27.7 Å². The number of hydrogen-bond acceptors (Lipinski definition) is 4. The van der Waals surface area contributed by atoms with Gasteiger partial charge in [0.25, 0.3) is 5.91 Å². The van der Waals surface area contributed by atoms with E-state index in [4.69, 9.17) is 46.4 Å². The Hall–Kier alpha value is -2.06. The Labute approximate surface area is 185 Å². The van der Waals surface area contributed by atoms with Gasteiger partial charge in [-0.25, -0.2) is 19.1 Å². The Bertz CT molecular complexity index is 979. The van der Waals surface area contributed by atoms with E-state index in [0.717, 1.165) is 15.9 Å². The lowest BCUT2D eigenvalue weighted by Gasteiger charge is -2.24. The fourth-order valence-corrected chi connectivity index (χ4v) is 2.99. The van der Waals surface area contributed by atoms with E-state index >= 15 is 0 Å². The summed E-state index contributed by atoms with van der Waals surface area (Å²) in [7, 11) is 1.25. The number of hydrogen-bond donors (Lipinski definition) is 1. The summed E-state index contributed by atoms with van der Waals surface area (Å²) in [6.45, 7) is 0. The molecule has 3 amide bonds. The molecule has 2 aromatic rings. The van der Waals surface area contributed by atoms with Gasteiger partial charge in [0.1, 0.15) is 5.82 Å². The highest BCUT2D eigenvalue weighted by Gasteiger charge is 2.44. The monoisotopic (exact) mass is 476 g/mol. The van der Waals surface area contributed by atoms with Crippen molar-refractivity contribution in [2.45, 2.75) is 9.96 Å². The van der Waals surface area contributed by atoms with Crippen molar-refractivity contribution in [1.29, 1.82) is 0 Å². The Balaban J connectivity index is 2.06. The Morgan fingerprint density at radius 3 is 2.28 bits per heavy atom. The molecular formula is C18H13Cl4FN4O2. The maximum Gasteiger partial charge on any atom is 0.337 e. The van der Waals surface area contributed by atoms with Crippen LogP contribution in [0.15, 0.2) is 53.5 Å². The number of nitrogens with one attached hydrogen (secondary N) is 1. The number of anilines is 2. The van der Waals surface area contributed by atoms with E-state index in [0.29, 0.717) is 10.7 Å². The molecule has 0 aromatic heterocycles. The number of nitrogens with zero attached hydrogens (tertiary/aromatic N) is 3. The van der Waals surface area contributed by atoms with Crippen LogP contribution in [0.4, 0.5) is 20.6 Å². The molecule has 1 aliphatic rings. The van der Waals surface area contributed by atoms with Crippen LogP contribution in [0.2, 0.25) is 5.02 Å². The molecule has 0 bridgehead atoms. The van der Waals surface area contributed by atoms with Gasteiger partial charge < -0.3 is 5.32 Å². The van der Waals surface area contributed by atoms with Crippen molar-refractivity contribution in [3.63, 3.8) is 0 Å². The molecule has 1 heterocycles. The van der Waals surface area contributed by atoms with Crippen molar-refractivity contribution in [2.75, 3.05) is 17.3 Å². The highest BCUT2D eigenvalue weighted by Crippen LogP contribution is 2.34. The quantitative estimate of drug-likeness (QED) is 0.493. The van der Waals surface area contributed by atoms with Crippen molar-refractivity contribution in [3.05, 3.63) is 59.4 Å². The van der Waals surface area contributed by atoms with E-state index in [2.05, 4.69) is 10.3 Å². The molecule has 0 radical (unpaired) electrons. The van der Waals surface area contributed by atoms with Crippen LogP contribution in [0.3, 0.4) is 0 Å². The third-order valence-electron chi connectivity index (χ3n) is 3.99. The van der Waals surface area contributed by atoms with Crippen LogP contribution >= 0.6 is 46.4 Å². The van der Waals surface area contributed by atoms with E-state index in [9.17, 15) is 14.0 Å². The molecular weight excluding hydrogens is 465 g/mol. The first-order valence-corrected chi connectivity index (χ1v) is 9.64. The molecule has 1 saturated heterocycles. The standard InChI is InChI=1S/C18H13Cl4FN4O2/c1-26-15(28)14(27(17(26)29)13-5-3-2-4-12(13)23)25-16(18(20,21)22)24-11-8-6-10(19)7-9-11/h2-9,16,24H,1H3. The third kappa shape index (κ3) is 4.59. The summed E-state index contributed by atoms with van der Waals surface area (Å²) < 4.78 is 12.3. The zero-order valence-electron chi connectivity index (χ0n) is 14.7. The lowest BCUT2D eigenvalue weighted by molar-refractivity contribution is -0.119. The lowest BCUT2D eigenvalue weighted by Crippen LogP contribution is -2.38. The van der Waals surface area contributed by atoms with Crippen LogP contribution in [0.1, 0.15) is 0 Å². The number of alkyl halides is 3. The summed E-state index contributed by atoms with van der Waals surface area (Å²) in [5.74, 6) is -1.87. The van der Waals surface area contributed by atoms with Crippen molar-refractivity contribution in [3.8, 4) is 0 Å². The van der Waals surface area contributed by atoms with Crippen LogP contribution in [-0.2, 0) is 4.79 Å². The molecule has 0 spiro atoms. The van der Waals surface area contributed by atoms with Gasteiger partial charge in [-0.15, -0.1) is 0 Å². The Morgan fingerprint density at radius 2 is 1.69 bits per heavy atom. The van der Waals surface area contributed by atoms with Crippen molar-refractivity contribution < 1.29 is 14.0 Å². The number of imide groups is 1. The number of carbonyl (C=O) groups is 2. The van der Waals surface area contributed by atoms with Gasteiger partial charge in [0.2, 0.25) is 9.63 Å². The topological polar surface area (TPSA) is 65.0 Å². The van der Waals surface area contributed by atoms with Crippen LogP contribution < -0.4 is 10.2 Å². The number of urea groups is 1. The minimum Gasteiger partial charge on any atom is -0.360 e. The van der Waals surface area contributed by atoms with Crippen LogP contribution in [0, 0.1) is 5.82 Å². The van der Waals surface area contributed by atoms with Gasteiger partial charge in [-0.1, -0.05) is 58.5 Å². The molecule has 1 aliphatic heterocycles. The Kier molecular flexibility index (Phi) is 6.24. The maximum absolute atomic E-state index is 14.3.